The fraction of sp³-hybridized carbons (Fsp3) is 0.250. The Hall–Kier alpha value is -1.19. The lowest BCUT2D eigenvalue weighted by atomic mass is 10.1. The highest BCUT2D eigenvalue weighted by atomic mass is 35.5. The van der Waals surface area contributed by atoms with Crippen molar-refractivity contribution in [3.8, 4) is 0 Å². The average Bonchev–Trinajstić information content (AvgIpc) is 2.23. The van der Waals surface area contributed by atoms with E-state index < -0.39 is 0 Å². The maximum absolute atomic E-state index is 13.6. The highest BCUT2D eigenvalue weighted by Crippen LogP contribution is 2.28. The topological polar surface area (TPSA) is 22.1 Å². The summed E-state index contributed by atoms with van der Waals surface area (Å²) in [5.41, 5.74) is 1.85. The maximum Gasteiger partial charge on any atom is 0.149 e. The third-order valence-electron chi connectivity index (χ3n) is 2.42. The quantitative estimate of drug-likeness (QED) is 0.801. The molecule has 84 valence electrons. The van der Waals surface area contributed by atoms with Gasteiger partial charge < -0.3 is 4.74 Å². The Morgan fingerprint density at radius 1 is 1.44 bits per heavy atom. The van der Waals surface area contributed by atoms with E-state index in [4.69, 9.17) is 16.3 Å². The summed E-state index contributed by atoms with van der Waals surface area (Å²) in [7, 11) is 1.56. The van der Waals surface area contributed by atoms with Gasteiger partial charge in [0.25, 0.3) is 0 Å². The van der Waals surface area contributed by atoms with Crippen molar-refractivity contribution in [3.05, 3.63) is 40.3 Å². The Balaban J connectivity index is 2.76. The number of rotatable bonds is 2. The monoisotopic (exact) mass is 239 g/mol. The standard InChI is InChI=1S/C12H11ClFNO/c1-7-3-4-10(14)12-11(7)9(13)5-8(15-12)6-16-2/h3-5H,6H2,1-2H3. The van der Waals surface area contributed by atoms with Crippen LogP contribution in [0, 0.1) is 12.7 Å². The minimum atomic E-state index is -0.361. The Morgan fingerprint density at radius 2 is 2.19 bits per heavy atom. The van der Waals surface area contributed by atoms with E-state index in [0.29, 0.717) is 28.2 Å². The molecular formula is C12H11ClFNO. The SMILES string of the molecule is COCc1cc(Cl)c2c(C)ccc(F)c2n1. The van der Waals surface area contributed by atoms with Crippen molar-refractivity contribution in [1.29, 1.82) is 0 Å². The van der Waals surface area contributed by atoms with E-state index in [9.17, 15) is 4.39 Å². The van der Waals surface area contributed by atoms with Crippen molar-refractivity contribution >= 4 is 22.5 Å². The Labute approximate surface area is 98.0 Å². The molecule has 1 aromatic carbocycles. The van der Waals surface area contributed by atoms with Gasteiger partial charge in [-0.25, -0.2) is 9.37 Å². The lowest BCUT2D eigenvalue weighted by Crippen LogP contribution is -1.96. The Kier molecular flexibility index (Phi) is 3.08. The van der Waals surface area contributed by atoms with Gasteiger partial charge in [-0.3, -0.25) is 0 Å². The number of hydrogen-bond acceptors (Lipinski definition) is 2. The first-order valence-electron chi connectivity index (χ1n) is 4.86. The fourth-order valence-corrected chi connectivity index (χ4v) is 2.06. The van der Waals surface area contributed by atoms with E-state index >= 15 is 0 Å². The Bertz CT molecular complexity index is 542. The van der Waals surface area contributed by atoms with Crippen LogP contribution in [0.5, 0.6) is 0 Å². The van der Waals surface area contributed by atoms with Crippen LogP contribution in [0.3, 0.4) is 0 Å². The van der Waals surface area contributed by atoms with Crippen LogP contribution in [0.4, 0.5) is 4.39 Å². The van der Waals surface area contributed by atoms with Crippen LogP contribution in [0.2, 0.25) is 5.02 Å². The van der Waals surface area contributed by atoms with Crippen molar-refractivity contribution in [2.75, 3.05) is 7.11 Å². The zero-order valence-electron chi connectivity index (χ0n) is 9.05. The van der Waals surface area contributed by atoms with E-state index in [1.54, 1.807) is 19.2 Å². The van der Waals surface area contributed by atoms with Gasteiger partial charge in [0.15, 0.2) is 0 Å². The number of pyridine rings is 1. The summed E-state index contributed by atoms with van der Waals surface area (Å²) in [5, 5.41) is 1.18. The van der Waals surface area contributed by atoms with Gasteiger partial charge >= 0.3 is 0 Å². The van der Waals surface area contributed by atoms with E-state index in [0.717, 1.165) is 5.56 Å². The minimum absolute atomic E-state index is 0.305. The lowest BCUT2D eigenvalue weighted by molar-refractivity contribution is 0.182. The molecule has 0 aliphatic carbocycles. The predicted octanol–water partition coefficient (Wildman–Crippen LogP) is 3.48. The van der Waals surface area contributed by atoms with Crippen molar-refractivity contribution in [2.45, 2.75) is 13.5 Å². The summed E-state index contributed by atoms with van der Waals surface area (Å²) < 4.78 is 18.6. The molecule has 0 aliphatic rings. The molecule has 0 aliphatic heterocycles. The number of fused-ring (bicyclic) bond motifs is 1. The number of nitrogens with zero attached hydrogens (tertiary/aromatic N) is 1. The highest BCUT2D eigenvalue weighted by molar-refractivity contribution is 6.35. The number of ether oxygens (including phenoxy) is 1. The average molecular weight is 240 g/mol. The second kappa shape index (κ2) is 4.36. The zero-order chi connectivity index (χ0) is 11.7. The molecule has 0 fully saturated rings. The zero-order valence-corrected chi connectivity index (χ0v) is 9.81. The molecule has 4 heteroatoms. The van der Waals surface area contributed by atoms with Gasteiger partial charge in [0.05, 0.1) is 17.3 Å². The molecule has 0 saturated heterocycles. The minimum Gasteiger partial charge on any atom is -0.378 e. The molecule has 0 saturated carbocycles. The fourth-order valence-electron chi connectivity index (χ4n) is 1.69. The van der Waals surface area contributed by atoms with Gasteiger partial charge in [-0.1, -0.05) is 17.7 Å². The summed E-state index contributed by atoms with van der Waals surface area (Å²) in [5.74, 6) is -0.361. The highest BCUT2D eigenvalue weighted by Gasteiger charge is 2.10. The second-order valence-corrected chi connectivity index (χ2v) is 4.02. The number of aromatic nitrogens is 1. The number of methoxy groups -OCH3 is 1. The van der Waals surface area contributed by atoms with Crippen LogP contribution in [0.15, 0.2) is 18.2 Å². The van der Waals surface area contributed by atoms with E-state index in [2.05, 4.69) is 4.98 Å². The Morgan fingerprint density at radius 3 is 2.88 bits per heavy atom. The molecule has 2 nitrogen and oxygen atoms in total. The van der Waals surface area contributed by atoms with Crippen molar-refractivity contribution in [1.82, 2.24) is 4.98 Å². The van der Waals surface area contributed by atoms with Crippen LogP contribution >= 0.6 is 11.6 Å². The number of aryl methyl sites for hydroxylation is 1. The third kappa shape index (κ3) is 1.88. The van der Waals surface area contributed by atoms with Crippen LogP contribution in [-0.2, 0) is 11.3 Å². The van der Waals surface area contributed by atoms with Crippen LogP contribution in [-0.4, -0.2) is 12.1 Å². The molecule has 2 aromatic rings. The first-order chi connectivity index (χ1) is 7.63. The number of halogens is 2. The smallest absolute Gasteiger partial charge is 0.149 e. The molecule has 1 heterocycles. The summed E-state index contributed by atoms with van der Waals surface area (Å²) in [6.45, 7) is 2.20. The number of benzene rings is 1. The van der Waals surface area contributed by atoms with E-state index in [1.807, 2.05) is 6.92 Å². The largest absolute Gasteiger partial charge is 0.378 e. The molecule has 0 bridgehead atoms. The lowest BCUT2D eigenvalue weighted by Gasteiger charge is -2.07. The van der Waals surface area contributed by atoms with E-state index in [1.165, 1.54) is 6.07 Å². The summed E-state index contributed by atoms with van der Waals surface area (Å²) in [6.07, 6.45) is 0. The molecule has 0 radical (unpaired) electrons. The molecular weight excluding hydrogens is 229 g/mol. The van der Waals surface area contributed by atoms with Crippen molar-refractivity contribution in [2.24, 2.45) is 0 Å². The molecule has 0 N–H and O–H groups in total. The van der Waals surface area contributed by atoms with Crippen LogP contribution in [0.25, 0.3) is 10.9 Å². The first kappa shape index (κ1) is 11.3. The molecule has 0 unspecified atom stereocenters. The van der Waals surface area contributed by atoms with Crippen LogP contribution in [0.1, 0.15) is 11.3 Å². The van der Waals surface area contributed by atoms with Crippen LogP contribution < -0.4 is 0 Å². The molecule has 0 amide bonds. The van der Waals surface area contributed by atoms with Crippen molar-refractivity contribution in [3.63, 3.8) is 0 Å². The van der Waals surface area contributed by atoms with Gasteiger partial charge in [-0.2, -0.15) is 0 Å². The van der Waals surface area contributed by atoms with E-state index in [-0.39, 0.29) is 5.82 Å². The van der Waals surface area contributed by atoms with Crippen molar-refractivity contribution < 1.29 is 9.13 Å². The van der Waals surface area contributed by atoms with Gasteiger partial charge in [0.2, 0.25) is 0 Å². The summed E-state index contributed by atoms with van der Waals surface area (Å²) in [6, 6.07) is 4.80. The summed E-state index contributed by atoms with van der Waals surface area (Å²) >= 11 is 6.11. The van der Waals surface area contributed by atoms with Gasteiger partial charge in [-0.05, 0) is 24.6 Å². The van der Waals surface area contributed by atoms with Gasteiger partial charge in [0.1, 0.15) is 11.3 Å². The predicted molar refractivity (Wildman–Crippen MR) is 62.2 cm³/mol. The third-order valence-corrected chi connectivity index (χ3v) is 2.71. The van der Waals surface area contributed by atoms with Gasteiger partial charge in [0, 0.05) is 12.5 Å². The summed E-state index contributed by atoms with van der Waals surface area (Å²) in [4.78, 5) is 4.20. The number of hydrogen-bond donors (Lipinski definition) is 0. The maximum atomic E-state index is 13.6. The molecule has 16 heavy (non-hydrogen) atoms. The second-order valence-electron chi connectivity index (χ2n) is 3.62. The molecule has 0 spiro atoms. The first-order valence-corrected chi connectivity index (χ1v) is 5.24. The molecule has 2 rings (SSSR count). The van der Waals surface area contributed by atoms with Gasteiger partial charge in [-0.15, -0.1) is 0 Å². The normalized spacial score (nSPS) is 11.0. The molecule has 0 atom stereocenters. The molecule has 1 aromatic heterocycles.